The largest absolute Gasteiger partial charge is 0.586 e. The first-order chi connectivity index (χ1) is 9.44. The van der Waals surface area contributed by atoms with Gasteiger partial charge in [-0.05, 0) is 40.8 Å². The van der Waals surface area contributed by atoms with Gasteiger partial charge in [0.2, 0.25) is 0 Å². The number of rotatable bonds is 2. The van der Waals surface area contributed by atoms with Crippen LogP contribution in [-0.2, 0) is 0 Å². The molecule has 1 aliphatic heterocycles. The van der Waals surface area contributed by atoms with Gasteiger partial charge in [0.1, 0.15) is 5.75 Å². The molecule has 3 rings (SSSR count). The maximum absolute atomic E-state index is 13.7. The highest BCUT2D eigenvalue weighted by Crippen LogP contribution is 2.43. The minimum Gasteiger partial charge on any atom is -0.436 e. The second-order valence-electron chi connectivity index (χ2n) is 3.79. The van der Waals surface area contributed by atoms with Crippen LogP contribution in [0.5, 0.6) is 23.1 Å². The normalized spacial score (nSPS) is 15.2. The molecular weight excluding hydrogens is 390 g/mol. The first kappa shape index (κ1) is 13.3. The minimum atomic E-state index is -3.70. The van der Waals surface area contributed by atoms with Crippen LogP contribution in [0, 0.1) is 9.39 Å². The molecule has 0 radical (unpaired) electrons. The van der Waals surface area contributed by atoms with Gasteiger partial charge in [0.15, 0.2) is 17.3 Å². The molecule has 4 nitrogen and oxygen atoms in total. The lowest BCUT2D eigenvalue weighted by Gasteiger charge is -2.06. The number of benzene rings is 1. The van der Waals surface area contributed by atoms with Gasteiger partial charge in [-0.1, -0.05) is 0 Å². The van der Waals surface area contributed by atoms with Crippen LogP contribution in [0.3, 0.4) is 0 Å². The van der Waals surface area contributed by atoms with Gasteiger partial charge in [0.25, 0.3) is 5.88 Å². The molecule has 0 saturated heterocycles. The Labute approximate surface area is 124 Å². The van der Waals surface area contributed by atoms with Crippen LogP contribution in [0.2, 0.25) is 0 Å². The van der Waals surface area contributed by atoms with E-state index in [1.807, 2.05) is 0 Å². The molecule has 2 aromatic rings. The van der Waals surface area contributed by atoms with Crippen LogP contribution in [0.25, 0.3) is 0 Å². The maximum Gasteiger partial charge on any atom is 0.586 e. The summed E-state index contributed by atoms with van der Waals surface area (Å²) in [6.45, 7) is 0. The Bertz CT molecular complexity index is 681. The summed E-state index contributed by atoms with van der Waals surface area (Å²) in [4.78, 5) is 3.73. The first-order valence-corrected chi connectivity index (χ1v) is 6.40. The predicted octanol–water partition coefficient (Wildman–Crippen LogP) is 3.94. The molecule has 2 heterocycles. The van der Waals surface area contributed by atoms with Crippen molar-refractivity contribution in [2.45, 2.75) is 6.29 Å². The molecule has 0 fully saturated rings. The van der Waals surface area contributed by atoms with Crippen LogP contribution in [-0.4, -0.2) is 11.3 Å². The Morgan fingerprint density at radius 1 is 1.15 bits per heavy atom. The van der Waals surface area contributed by atoms with Crippen LogP contribution in [0.1, 0.15) is 0 Å². The van der Waals surface area contributed by atoms with E-state index in [0.717, 1.165) is 0 Å². The third-order valence-corrected chi connectivity index (χ3v) is 3.23. The highest BCUT2D eigenvalue weighted by molar-refractivity contribution is 14.1. The molecule has 1 aromatic heterocycles. The minimum absolute atomic E-state index is 0.110. The van der Waals surface area contributed by atoms with Gasteiger partial charge in [-0.3, -0.25) is 0 Å². The summed E-state index contributed by atoms with van der Waals surface area (Å²) < 4.78 is 53.5. The quantitative estimate of drug-likeness (QED) is 0.723. The van der Waals surface area contributed by atoms with Crippen molar-refractivity contribution in [1.29, 1.82) is 0 Å². The van der Waals surface area contributed by atoms with Crippen molar-refractivity contribution in [2.24, 2.45) is 0 Å². The maximum atomic E-state index is 13.7. The number of fused-ring (bicyclic) bond motifs is 1. The molecule has 0 spiro atoms. The Morgan fingerprint density at radius 2 is 1.90 bits per heavy atom. The van der Waals surface area contributed by atoms with Crippen molar-refractivity contribution < 1.29 is 27.4 Å². The van der Waals surface area contributed by atoms with Gasteiger partial charge in [0.05, 0.1) is 3.57 Å². The van der Waals surface area contributed by atoms with Gasteiger partial charge >= 0.3 is 6.29 Å². The fourth-order valence-corrected chi connectivity index (χ4v) is 1.97. The van der Waals surface area contributed by atoms with E-state index in [0.29, 0.717) is 3.57 Å². The summed E-state index contributed by atoms with van der Waals surface area (Å²) >= 11 is 1.79. The van der Waals surface area contributed by atoms with E-state index >= 15 is 0 Å². The molecule has 8 heteroatoms. The van der Waals surface area contributed by atoms with Crippen molar-refractivity contribution in [2.75, 3.05) is 0 Å². The zero-order valence-corrected chi connectivity index (χ0v) is 11.7. The van der Waals surface area contributed by atoms with Crippen molar-refractivity contribution in [3.63, 3.8) is 0 Å². The van der Waals surface area contributed by atoms with E-state index in [-0.39, 0.29) is 23.1 Å². The summed E-state index contributed by atoms with van der Waals surface area (Å²) in [6, 6.07) is 5.25. The number of ether oxygens (including phenoxy) is 3. The third-order valence-electron chi connectivity index (χ3n) is 2.40. The van der Waals surface area contributed by atoms with E-state index in [1.54, 1.807) is 22.6 Å². The Balaban J connectivity index is 1.89. The van der Waals surface area contributed by atoms with Crippen molar-refractivity contribution in [3.05, 3.63) is 39.8 Å². The van der Waals surface area contributed by atoms with Crippen LogP contribution < -0.4 is 14.2 Å². The summed E-state index contributed by atoms with van der Waals surface area (Å²) in [7, 11) is 0. The van der Waals surface area contributed by atoms with Crippen molar-refractivity contribution in [1.82, 2.24) is 4.98 Å². The number of alkyl halides is 2. The van der Waals surface area contributed by atoms with Gasteiger partial charge < -0.3 is 14.2 Å². The molecule has 1 aliphatic rings. The number of halogens is 4. The first-order valence-electron chi connectivity index (χ1n) is 5.32. The Morgan fingerprint density at radius 3 is 2.70 bits per heavy atom. The lowest BCUT2D eigenvalue weighted by molar-refractivity contribution is -0.286. The molecule has 0 unspecified atom stereocenters. The number of hydrogen-bond donors (Lipinski definition) is 0. The Kier molecular flexibility index (Phi) is 3.11. The number of pyridine rings is 1. The number of hydrogen-bond acceptors (Lipinski definition) is 4. The molecule has 0 aliphatic carbocycles. The molecule has 0 amide bonds. The highest BCUT2D eigenvalue weighted by atomic mass is 127. The van der Waals surface area contributed by atoms with Crippen LogP contribution in [0.4, 0.5) is 13.2 Å². The topological polar surface area (TPSA) is 40.6 Å². The van der Waals surface area contributed by atoms with E-state index in [1.165, 1.54) is 30.5 Å². The summed E-state index contributed by atoms with van der Waals surface area (Å²) in [5, 5.41) is 0. The average molecular weight is 395 g/mol. The molecule has 0 bridgehead atoms. The summed E-state index contributed by atoms with van der Waals surface area (Å²) in [6.07, 6.45) is -2.33. The monoisotopic (exact) mass is 395 g/mol. The zero-order chi connectivity index (χ0) is 14.3. The molecule has 0 saturated carbocycles. The van der Waals surface area contributed by atoms with E-state index in [4.69, 9.17) is 4.74 Å². The molecule has 1 aromatic carbocycles. The SMILES string of the molecule is Fc1c(I)ccnc1Oc1ccc2c(c1)OC(F)(F)O2. The fourth-order valence-electron chi connectivity index (χ4n) is 1.58. The van der Waals surface area contributed by atoms with Gasteiger partial charge in [-0.25, -0.2) is 4.98 Å². The predicted molar refractivity (Wildman–Crippen MR) is 69.6 cm³/mol. The lowest BCUT2D eigenvalue weighted by Crippen LogP contribution is -2.25. The second-order valence-corrected chi connectivity index (χ2v) is 4.95. The van der Waals surface area contributed by atoms with E-state index < -0.39 is 12.1 Å². The molecule has 0 atom stereocenters. The fraction of sp³-hybridized carbons (Fsp3) is 0.0833. The number of nitrogens with zero attached hydrogens (tertiary/aromatic N) is 1. The highest BCUT2D eigenvalue weighted by Gasteiger charge is 2.43. The van der Waals surface area contributed by atoms with E-state index in [2.05, 4.69) is 14.5 Å². The summed E-state index contributed by atoms with van der Waals surface area (Å²) in [5.41, 5.74) is 0. The van der Waals surface area contributed by atoms with Gasteiger partial charge in [-0.2, -0.15) is 4.39 Å². The van der Waals surface area contributed by atoms with Crippen LogP contribution in [0.15, 0.2) is 30.5 Å². The smallest absolute Gasteiger partial charge is 0.436 e. The Hall–Kier alpha value is -1.71. The molecule has 0 N–H and O–H groups in total. The van der Waals surface area contributed by atoms with E-state index in [9.17, 15) is 13.2 Å². The summed E-state index contributed by atoms with van der Waals surface area (Å²) in [5.74, 6) is -1.06. The number of aromatic nitrogens is 1. The average Bonchev–Trinajstić information content (AvgIpc) is 2.68. The van der Waals surface area contributed by atoms with Gasteiger partial charge in [-0.15, -0.1) is 8.78 Å². The lowest BCUT2D eigenvalue weighted by atomic mass is 10.3. The third kappa shape index (κ3) is 2.47. The van der Waals surface area contributed by atoms with Crippen molar-refractivity contribution >= 4 is 22.6 Å². The molecule has 20 heavy (non-hydrogen) atoms. The van der Waals surface area contributed by atoms with Crippen molar-refractivity contribution in [3.8, 4) is 23.1 Å². The second kappa shape index (κ2) is 4.69. The zero-order valence-electron chi connectivity index (χ0n) is 9.57. The molecular formula is C12H5F3INO3. The van der Waals surface area contributed by atoms with Gasteiger partial charge in [0, 0.05) is 12.3 Å². The van der Waals surface area contributed by atoms with Crippen LogP contribution >= 0.6 is 22.6 Å². The molecule has 104 valence electrons. The standard InChI is InChI=1S/C12H5F3INO3/c13-10-7(16)3-4-17-11(10)18-6-1-2-8-9(5-6)20-12(14,15)19-8/h1-5H.